The third-order valence-corrected chi connectivity index (χ3v) is 4.68. The molecule has 4 nitrogen and oxygen atoms in total. The van der Waals surface area contributed by atoms with Gasteiger partial charge in [-0.2, -0.15) is 0 Å². The van der Waals surface area contributed by atoms with Gasteiger partial charge in [-0.25, -0.2) is 0 Å². The topological polar surface area (TPSA) is 46.3 Å². The molecule has 1 aromatic heterocycles. The summed E-state index contributed by atoms with van der Waals surface area (Å²) in [6.07, 6.45) is 2.42. The highest BCUT2D eigenvalue weighted by Gasteiger charge is 2.42. The number of carbonyl (C=O) groups is 1. The summed E-state index contributed by atoms with van der Waals surface area (Å²) in [5, 5.41) is 4.16. The molecule has 21 heavy (non-hydrogen) atoms. The first kappa shape index (κ1) is 12.6. The summed E-state index contributed by atoms with van der Waals surface area (Å²) in [5.41, 5.74) is 3.61. The molecule has 2 heterocycles. The number of benzene rings is 1. The molecule has 1 aromatic carbocycles. The molecule has 1 aliphatic heterocycles. The van der Waals surface area contributed by atoms with Crippen LogP contribution in [0.1, 0.15) is 43.9 Å². The maximum Gasteiger partial charge on any atom is 0.236 e. The summed E-state index contributed by atoms with van der Waals surface area (Å²) in [6, 6.07) is 8.11. The van der Waals surface area contributed by atoms with Crippen LogP contribution in [0.2, 0.25) is 0 Å². The minimum Gasteiger partial charge on any atom is -0.356 e. The maximum absolute atomic E-state index is 12.3. The molecule has 1 fully saturated rings. The van der Waals surface area contributed by atoms with Gasteiger partial charge in [-0.3, -0.25) is 4.79 Å². The number of aromatic nitrogens is 1. The Balaban J connectivity index is 1.77. The van der Waals surface area contributed by atoms with Crippen molar-refractivity contribution in [3.63, 3.8) is 0 Å². The second kappa shape index (κ2) is 3.97. The average molecular weight is 282 g/mol. The third kappa shape index (κ3) is 1.75. The van der Waals surface area contributed by atoms with Crippen molar-refractivity contribution >= 4 is 11.6 Å². The number of amides is 1. The van der Waals surface area contributed by atoms with E-state index in [0.717, 1.165) is 28.3 Å². The minimum absolute atomic E-state index is 0.130. The van der Waals surface area contributed by atoms with Gasteiger partial charge in [0.05, 0.1) is 11.1 Å². The van der Waals surface area contributed by atoms with Gasteiger partial charge in [-0.15, -0.1) is 0 Å². The fraction of sp³-hybridized carbons (Fsp3) is 0.412. The Hall–Kier alpha value is -2.10. The van der Waals surface area contributed by atoms with Crippen LogP contribution >= 0.6 is 0 Å². The number of fused-ring (bicyclic) bond motifs is 1. The molecule has 0 atom stereocenters. The molecule has 0 saturated heterocycles. The standard InChI is InChI=1S/C17H18N2O2/c1-17(2)12-7-6-11(8-14(12)19(3)16(17)20)15-9-13(18-21-15)10-4-5-10/h6-10H,4-5H2,1-3H3. The quantitative estimate of drug-likeness (QED) is 0.847. The van der Waals surface area contributed by atoms with Gasteiger partial charge in [-0.05, 0) is 38.3 Å². The van der Waals surface area contributed by atoms with E-state index >= 15 is 0 Å². The Morgan fingerprint density at radius 2 is 2.05 bits per heavy atom. The molecule has 0 radical (unpaired) electrons. The van der Waals surface area contributed by atoms with Gasteiger partial charge >= 0.3 is 0 Å². The lowest BCUT2D eigenvalue weighted by Gasteiger charge is -2.16. The van der Waals surface area contributed by atoms with Crippen LogP contribution in [0.15, 0.2) is 28.8 Å². The van der Waals surface area contributed by atoms with Crippen LogP contribution in [-0.4, -0.2) is 18.1 Å². The lowest BCUT2D eigenvalue weighted by molar-refractivity contribution is -0.121. The van der Waals surface area contributed by atoms with E-state index in [2.05, 4.69) is 5.16 Å². The predicted octanol–water partition coefficient (Wildman–Crippen LogP) is 3.47. The zero-order valence-corrected chi connectivity index (χ0v) is 12.5. The summed E-state index contributed by atoms with van der Waals surface area (Å²) in [7, 11) is 1.83. The predicted molar refractivity (Wildman–Crippen MR) is 80.4 cm³/mol. The first-order valence-corrected chi connectivity index (χ1v) is 7.38. The van der Waals surface area contributed by atoms with Crippen molar-refractivity contribution in [1.29, 1.82) is 0 Å². The van der Waals surface area contributed by atoms with Crippen molar-refractivity contribution in [2.24, 2.45) is 0 Å². The van der Waals surface area contributed by atoms with Crippen molar-refractivity contribution < 1.29 is 9.32 Å². The Labute approximate surface area is 123 Å². The molecule has 1 aliphatic carbocycles. The van der Waals surface area contributed by atoms with Crippen LogP contribution in [0.5, 0.6) is 0 Å². The third-order valence-electron chi connectivity index (χ3n) is 4.68. The van der Waals surface area contributed by atoms with Crippen molar-refractivity contribution in [3.8, 4) is 11.3 Å². The van der Waals surface area contributed by atoms with Gasteiger partial charge in [-0.1, -0.05) is 17.3 Å². The fourth-order valence-electron chi connectivity index (χ4n) is 3.13. The van der Waals surface area contributed by atoms with Crippen LogP contribution in [0.3, 0.4) is 0 Å². The molecule has 2 aromatic rings. The number of nitrogens with zero attached hydrogens (tertiary/aromatic N) is 2. The molecule has 0 bridgehead atoms. The SMILES string of the molecule is CN1C(=O)C(C)(C)c2ccc(-c3cc(C4CC4)no3)cc21. The molecule has 4 rings (SSSR count). The molecule has 0 N–H and O–H groups in total. The lowest BCUT2D eigenvalue weighted by atomic mass is 9.86. The van der Waals surface area contributed by atoms with Gasteiger partial charge in [0.25, 0.3) is 0 Å². The Morgan fingerprint density at radius 3 is 2.76 bits per heavy atom. The molecular weight excluding hydrogens is 264 g/mol. The van der Waals surface area contributed by atoms with E-state index < -0.39 is 5.41 Å². The summed E-state index contributed by atoms with van der Waals surface area (Å²) >= 11 is 0. The second-order valence-electron chi connectivity index (χ2n) is 6.61. The first-order valence-electron chi connectivity index (χ1n) is 7.38. The van der Waals surface area contributed by atoms with E-state index in [9.17, 15) is 4.79 Å². The van der Waals surface area contributed by atoms with E-state index in [1.165, 1.54) is 12.8 Å². The van der Waals surface area contributed by atoms with E-state index in [4.69, 9.17) is 4.52 Å². The normalized spacial score (nSPS) is 20.0. The summed E-state index contributed by atoms with van der Waals surface area (Å²) < 4.78 is 5.47. The van der Waals surface area contributed by atoms with E-state index in [0.29, 0.717) is 5.92 Å². The highest BCUT2D eigenvalue weighted by Crippen LogP contribution is 2.44. The molecule has 4 heteroatoms. The highest BCUT2D eigenvalue weighted by atomic mass is 16.5. The summed E-state index contributed by atoms with van der Waals surface area (Å²) in [4.78, 5) is 14.1. The van der Waals surface area contributed by atoms with Crippen LogP contribution in [0.4, 0.5) is 5.69 Å². The van der Waals surface area contributed by atoms with Gasteiger partial charge in [0.2, 0.25) is 5.91 Å². The van der Waals surface area contributed by atoms with E-state index in [1.54, 1.807) is 4.90 Å². The smallest absolute Gasteiger partial charge is 0.236 e. The van der Waals surface area contributed by atoms with E-state index in [1.807, 2.05) is 45.2 Å². The highest BCUT2D eigenvalue weighted by molar-refractivity contribution is 6.07. The van der Waals surface area contributed by atoms with Gasteiger partial charge in [0, 0.05) is 30.3 Å². The number of likely N-dealkylation sites (N-methyl/N-ethyl adjacent to an activating group) is 1. The zero-order chi connectivity index (χ0) is 14.8. The first-order chi connectivity index (χ1) is 9.98. The molecule has 1 saturated carbocycles. The van der Waals surface area contributed by atoms with Gasteiger partial charge in [0.1, 0.15) is 0 Å². The van der Waals surface area contributed by atoms with Gasteiger partial charge < -0.3 is 9.42 Å². The monoisotopic (exact) mass is 282 g/mol. The van der Waals surface area contributed by atoms with Crippen molar-refractivity contribution in [2.75, 3.05) is 11.9 Å². The summed E-state index contributed by atoms with van der Waals surface area (Å²) in [5.74, 6) is 1.50. The number of anilines is 1. The van der Waals surface area contributed by atoms with E-state index in [-0.39, 0.29) is 5.91 Å². The van der Waals surface area contributed by atoms with Crippen LogP contribution in [0.25, 0.3) is 11.3 Å². The number of hydrogen-bond acceptors (Lipinski definition) is 3. The Bertz CT molecular complexity index is 741. The molecule has 0 spiro atoms. The zero-order valence-electron chi connectivity index (χ0n) is 12.5. The van der Waals surface area contributed by atoms with Crippen LogP contribution in [0, 0.1) is 0 Å². The van der Waals surface area contributed by atoms with Crippen LogP contribution < -0.4 is 4.90 Å². The largest absolute Gasteiger partial charge is 0.356 e. The molecule has 0 unspecified atom stereocenters. The second-order valence-corrected chi connectivity index (χ2v) is 6.61. The number of carbonyl (C=O) groups excluding carboxylic acids is 1. The Kier molecular flexibility index (Phi) is 2.39. The minimum atomic E-state index is -0.455. The van der Waals surface area contributed by atoms with Crippen LogP contribution in [-0.2, 0) is 10.2 Å². The van der Waals surface area contributed by atoms with Crippen molar-refractivity contribution in [2.45, 2.75) is 38.0 Å². The number of hydrogen-bond donors (Lipinski definition) is 0. The average Bonchev–Trinajstić information content (AvgIpc) is 3.18. The van der Waals surface area contributed by atoms with Crippen molar-refractivity contribution in [3.05, 3.63) is 35.5 Å². The van der Waals surface area contributed by atoms with Gasteiger partial charge in [0.15, 0.2) is 5.76 Å². The summed E-state index contributed by atoms with van der Waals surface area (Å²) in [6.45, 7) is 3.94. The lowest BCUT2D eigenvalue weighted by Crippen LogP contribution is -2.33. The maximum atomic E-state index is 12.3. The van der Waals surface area contributed by atoms with Crippen molar-refractivity contribution in [1.82, 2.24) is 5.16 Å². The fourth-order valence-corrected chi connectivity index (χ4v) is 3.13. The molecular formula is C17H18N2O2. The Morgan fingerprint density at radius 1 is 1.29 bits per heavy atom. The number of rotatable bonds is 2. The molecule has 108 valence electrons. The molecule has 1 amide bonds. The molecule has 2 aliphatic rings.